The molecule has 1 rings (SSSR count). The van der Waals surface area contributed by atoms with E-state index in [0.29, 0.717) is 0 Å². The summed E-state index contributed by atoms with van der Waals surface area (Å²) in [6, 6.07) is 2.46. The summed E-state index contributed by atoms with van der Waals surface area (Å²) in [5, 5.41) is 0. The maximum absolute atomic E-state index is 11.3. The van der Waals surface area contributed by atoms with Crippen LogP contribution in [0.25, 0.3) is 5.53 Å². The fourth-order valence-electron chi connectivity index (χ4n) is 1.15. The molecule has 1 aromatic heterocycles. The van der Waals surface area contributed by atoms with Crippen LogP contribution in [0.5, 0.6) is 5.75 Å². The number of hydrogen-bond donors (Lipinski definition) is 0. The molecule has 1 aromatic rings. The zero-order valence-electron chi connectivity index (χ0n) is 10.2. The number of hydrogen-bond acceptors (Lipinski definition) is 6. The molecule has 0 saturated carbocycles. The van der Waals surface area contributed by atoms with Gasteiger partial charge in [-0.3, -0.25) is 4.79 Å². The van der Waals surface area contributed by atoms with Gasteiger partial charge in [-0.15, -0.1) is 0 Å². The standard InChI is InChI=1S/C11H10N2O6/c1-6(14)10(13-12)11(16)18-5-8-3-7(17-2)4-9(15)19-8/h3-4H,5H2,1-2H3. The first-order valence-electron chi connectivity index (χ1n) is 5.06. The van der Waals surface area contributed by atoms with Gasteiger partial charge in [0.2, 0.25) is 5.78 Å². The number of carbonyl (C=O) groups is 2. The van der Waals surface area contributed by atoms with E-state index in [0.717, 1.165) is 13.0 Å². The summed E-state index contributed by atoms with van der Waals surface area (Å²) in [6.45, 7) is 0.638. The molecule has 0 aliphatic carbocycles. The number of esters is 1. The summed E-state index contributed by atoms with van der Waals surface area (Å²) in [5.74, 6) is -1.61. The van der Waals surface area contributed by atoms with Crippen LogP contribution in [-0.2, 0) is 20.9 Å². The number of ketones is 1. The Morgan fingerprint density at radius 1 is 1.42 bits per heavy atom. The van der Waals surface area contributed by atoms with E-state index in [1.165, 1.54) is 13.2 Å². The van der Waals surface area contributed by atoms with Crippen LogP contribution in [0.15, 0.2) is 21.3 Å². The largest absolute Gasteiger partial charge is 0.496 e. The van der Waals surface area contributed by atoms with Gasteiger partial charge in [-0.1, -0.05) is 0 Å². The molecule has 0 amide bonds. The van der Waals surface area contributed by atoms with E-state index in [-0.39, 0.29) is 11.5 Å². The van der Waals surface area contributed by atoms with Crippen molar-refractivity contribution in [3.63, 3.8) is 0 Å². The van der Waals surface area contributed by atoms with Crippen LogP contribution in [0, 0.1) is 0 Å². The average molecular weight is 266 g/mol. The number of carbonyl (C=O) groups excluding carboxylic acids is 2. The molecular weight excluding hydrogens is 256 g/mol. The molecule has 0 aliphatic rings. The Morgan fingerprint density at radius 2 is 2.11 bits per heavy atom. The van der Waals surface area contributed by atoms with E-state index in [9.17, 15) is 14.4 Å². The second-order valence-corrected chi connectivity index (χ2v) is 3.36. The molecule has 8 nitrogen and oxygen atoms in total. The number of nitrogens with zero attached hydrogens (tertiary/aromatic N) is 2. The van der Waals surface area contributed by atoms with Crippen molar-refractivity contribution in [3.8, 4) is 5.75 Å². The highest BCUT2D eigenvalue weighted by atomic mass is 16.5. The smallest absolute Gasteiger partial charge is 0.441 e. The maximum atomic E-state index is 11.3. The van der Waals surface area contributed by atoms with E-state index < -0.39 is 29.7 Å². The molecule has 0 aliphatic heterocycles. The van der Waals surface area contributed by atoms with Crippen LogP contribution in [0.3, 0.4) is 0 Å². The molecule has 0 atom stereocenters. The Hall–Kier alpha value is -2.73. The Morgan fingerprint density at radius 3 is 2.63 bits per heavy atom. The van der Waals surface area contributed by atoms with Gasteiger partial charge in [0.25, 0.3) is 0 Å². The monoisotopic (exact) mass is 266 g/mol. The van der Waals surface area contributed by atoms with Crippen LogP contribution >= 0.6 is 0 Å². The van der Waals surface area contributed by atoms with Gasteiger partial charge in [-0.25, -0.2) is 9.59 Å². The van der Waals surface area contributed by atoms with E-state index in [1.807, 2.05) is 0 Å². The van der Waals surface area contributed by atoms with Crippen LogP contribution in [0.2, 0.25) is 0 Å². The molecule has 0 N–H and O–H groups in total. The summed E-state index contributed by atoms with van der Waals surface area (Å²) in [6.07, 6.45) is 0. The molecule has 1 heterocycles. The molecule has 0 bridgehead atoms. The topological polar surface area (TPSA) is 119 Å². The van der Waals surface area contributed by atoms with Gasteiger partial charge in [-0.2, -0.15) is 4.79 Å². The Bertz CT molecular complexity index is 612. The fraction of sp³-hybridized carbons (Fsp3) is 0.273. The van der Waals surface area contributed by atoms with Crippen LogP contribution in [-0.4, -0.2) is 29.4 Å². The van der Waals surface area contributed by atoms with E-state index in [1.54, 1.807) is 0 Å². The van der Waals surface area contributed by atoms with Crippen molar-refractivity contribution in [3.05, 3.63) is 33.8 Å². The second kappa shape index (κ2) is 6.27. The lowest BCUT2D eigenvalue weighted by Gasteiger charge is -2.02. The molecule has 0 fully saturated rings. The van der Waals surface area contributed by atoms with Gasteiger partial charge < -0.3 is 19.4 Å². The van der Waals surface area contributed by atoms with E-state index in [4.69, 9.17) is 14.7 Å². The van der Waals surface area contributed by atoms with Crippen molar-refractivity contribution in [2.75, 3.05) is 7.11 Å². The number of Topliss-reactive ketones (excluding diaryl/α,β-unsaturated/α-hetero) is 1. The highest BCUT2D eigenvalue weighted by molar-refractivity contribution is 6.61. The third-order valence-electron chi connectivity index (χ3n) is 2.00. The minimum Gasteiger partial charge on any atom is -0.496 e. The fourth-order valence-corrected chi connectivity index (χ4v) is 1.15. The third-order valence-corrected chi connectivity index (χ3v) is 2.00. The van der Waals surface area contributed by atoms with Crippen molar-refractivity contribution in [2.24, 2.45) is 0 Å². The Balaban J connectivity index is 2.80. The normalized spacial score (nSPS) is 9.37. The lowest BCUT2D eigenvalue weighted by atomic mass is 10.3. The zero-order valence-corrected chi connectivity index (χ0v) is 10.2. The molecule has 0 spiro atoms. The van der Waals surface area contributed by atoms with Crippen LogP contribution < -0.4 is 10.4 Å². The summed E-state index contributed by atoms with van der Waals surface area (Å²) in [5.41, 5.74) is 7.04. The molecule has 0 saturated heterocycles. The van der Waals surface area contributed by atoms with Crippen molar-refractivity contribution in [1.82, 2.24) is 0 Å². The van der Waals surface area contributed by atoms with E-state index >= 15 is 0 Å². The van der Waals surface area contributed by atoms with Crippen LogP contribution in [0.1, 0.15) is 12.7 Å². The quantitative estimate of drug-likeness (QED) is 0.242. The van der Waals surface area contributed by atoms with Gasteiger partial charge in [0.15, 0.2) is 0 Å². The van der Waals surface area contributed by atoms with Gasteiger partial charge in [0.1, 0.15) is 18.1 Å². The number of rotatable bonds is 5. The van der Waals surface area contributed by atoms with Crippen molar-refractivity contribution < 1.29 is 28.3 Å². The summed E-state index contributed by atoms with van der Waals surface area (Å²) >= 11 is 0. The molecule has 19 heavy (non-hydrogen) atoms. The third kappa shape index (κ3) is 3.90. The molecule has 0 unspecified atom stereocenters. The first-order valence-corrected chi connectivity index (χ1v) is 5.06. The summed E-state index contributed by atoms with van der Waals surface area (Å²) < 4.78 is 14.2. The summed E-state index contributed by atoms with van der Waals surface area (Å²) in [4.78, 5) is 35.9. The SMILES string of the molecule is COc1cc(COC(=O)C(=[N+]=[N-])C(C)=O)oc(=O)c1. The van der Waals surface area contributed by atoms with Crippen molar-refractivity contribution in [2.45, 2.75) is 13.5 Å². The predicted molar refractivity (Wildman–Crippen MR) is 60.6 cm³/mol. The maximum Gasteiger partial charge on any atom is 0.441 e. The Labute approximate surface area is 107 Å². The second-order valence-electron chi connectivity index (χ2n) is 3.36. The molecular formula is C11H10N2O6. The first kappa shape index (κ1) is 14.3. The highest BCUT2D eigenvalue weighted by Gasteiger charge is 2.27. The first-order chi connectivity index (χ1) is 8.97. The zero-order chi connectivity index (χ0) is 14.4. The van der Waals surface area contributed by atoms with Crippen LogP contribution in [0.4, 0.5) is 0 Å². The minimum absolute atomic E-state index is 0.0264. The van der Waals surface area contributed by atoms with E-state index in [2.05, 4.69) is 9.53 Å². The number of ether oxygens (including phenoxy) is 2. The number of methoxy groups -OCH3 is 1. The van der Waals surface area contributed by atoms with Gasteiger partial charge in [0.05, 0.1) is 13.2 Å². The lowest BCUT2D eigenvalue weighted by molar-refractivity contribution is -0.143. The summed E-state index contributed by atoms with van der Waals surface area (Å²) in [7, 11) is 1.36. The molecule has 0 radical (unpaired) electrons. The molecule has 100 valence electrons. The lowest BCUT2D eigenvalue weighted by Crippen LogP contribution is -2.25. The predicted octanol–water partition coefficient (Wildman–Crippen LogP) is -0.0486. The highest BCUT2D eigenvalue weighted by Crippen LogP contribution is 2.10. The average Bonchev–Trinajstić information content (AvgIpc) is 2.36. The molecule has 0 aromatic carbocycles. The molecule has 8 heteroatoms. The van der Waals surface area contributed by atoms with Gasteiger partial charge >= 0.3 is 17.3 Å². The Kier molecular flexibility index (Phi) is 4.73. The van der Waals surface area contributed by atoms with Crippen molar-refractivity contribution >= 4 is 17.5 Å². The van der Waals surface area contributed by atoms with Gasteiger partial charge in [-0.05, 0) is 0 Å². The minimum atomic E-state index is -1.12. The van der Waals surface area contributed by atoms with Crippen molar-refractivity contribution in [1.29, 1.82) is 0 Å². The van der Waals surface area contributed by atoms with Gasteiger partial charge in [0, 0.05) is 13.0 Å².